The molecule has 0 saturated carbocycles. The maximum absolute atomic E-state index is 12.0. The molecule has 0 aliphatic rings. The van der Waals surface area contributed by atoms with Gasteiger partial charge in [-0.15, -0.1) is 0 Å². The van der Waals surface area contributed by atoms with Crippen LogP contribution in [0.4, 0.5) is 0 Å². The summed E-state index contributed by atoms with van der Waals surface area (Å²) in [4.78, 5) is 22.9. The average Bonchev–Trinajstić information content (AvgIpc) is 2.26. The number of hydrogen-bond acceptors (Lipinski definition) is 2. The van der Waals surface area contributed by atoms with Crippen LogP contribution in [0.2, 0.25) is 0 Å². The summed E-state index contributed by atoms with van der Waals surface area (Å²) >= 11 is 3.36. The van der Waals surface area contributed by atoms with Crippen LogP contribution in [0, 0.1) is 5.41 Å². The van der Waals surface area contributed by atoms with E-state index in [1.165, 1.54) is 0 Å². The number of nitrogens with one attached hydrogen (secondary N) is 1. The number of rotatable bonds is 5. The van der Waals surface area contributed by atoms with Crippen molar-refractivity contribution in [2.45, 2.75) is 39.7 Å². The Hall–Kier alpha value is -1.36. The van der Waals surface area contributed by atoms with E-state index < -0.39 is 5.97 Å². The van der Waals surface area contributed by atoms with Gasteiger partial charge < -0.3 is 10.4 Å². The lowest BCUT2D eigenvalue weighted by Crippen LogP contribution is -2.45. The van der Waals surface area contributed by atoms with Crippen molar-refractivity contribution in [1.29, 1.82) is 0 Å². The predicted molar refractivity (Wildman–Crippen MR) is 81.5 cm³/mol. The van der Waals surface area contributed by atoms with Crippen LogP contribution in [0.5, 0.6) is 0 Å². The zero-order valence-corrected chi connectivity index (χ0v) is 13.5. The average molecular weight is 342 g/mol. The molecule has 2 N–H and O–H groups in total. The van der Waals surface area contributed by atoms with Crippen LogP contribution >= 0.6 is 15.9 Å². The van der Waals surface area contributed by atoms with Crippen LogP contribution in [-0.4, -0.2) is 23.0 Å². The van der Waals surface area contributed by atoms with E-state index in [1.807, 2.05) is 45.0 Å². The maximum Gasteiger partial charge on any atom is 0.305 e. The molecule has 5 heteroatoms. The molecule has 1 aromatic rings. The normalized spacial score (nSPS) is 12.8. The standard InChI is InChI=1S/C15H20BrNO3/c1-15(2,3)12(9-14(19)20)17-13(18)8-10-5-4-6-11(16)7-10/h4-7,12H,8-9H2,1-3H3,(H,17,18)(H,19,20). The molecule has 0 aliphatic carbocycles. The van der Waals surface area contributed by atoms with E-state index >= 15 is 0 Å². The minimum atomic E-state index is -0.910. The van der Waals surface area contributed by atoms with Gasteiger partial charge in [0.15, 0.2) is 0 Å². The Morgan fingerprint density at radius 3 is 2.50 bits per heavy atom. The third-order valence-electron chi connectivity index (χ3n) is 3.01. The molecule has 0 aliphatic heterocycles. The molecule has 0 aromatic heterocycles. The topological polar surface area (TPSA) is 66.4 Å². The highest BCUT2D eigenvalue weighted by Gasteiger charge is 2.28. The molecule has 110 valence electrons. The fraction of sp³-hybridized carbons (Fsp3) is 0.467. The first-order valence-electron chi connectivity index (χ1n) is 6.44. The number of carbonyl (C=O) groups excluding carboxylic acids is 1. The quantitative estimate of drug-likeness (QED) is 0.865. The predicted octanol–water partition coefficient (Wildman–Crippen LogP) is 3.00. The largest absolute Gasteiger partial charge is 0.481 e. The summed E-state index contributed by atoms with van der Waals surface area (Å²) in [6.07, 6.45) is 0.166. The zero-order chi connectivity index (χ0) is 15.3. The van der Waals surface area contributed by atoms with Gasteiger partial charge in [-0.2, -0.15) is 0 Å². The van der Waals surface area contributed by atoms with Gasteiger partial charge >= 0.3 is 5.97 Å². The van der Waals surface area contributed by atoms with Crippen LogP contribution in [0.3, 0.4) is 0 Å². The lowest BCUT2D eigenvalue weighted by atomic mass is 9.84. The zero-order valence-electron chi connectivity index (χ0n) is 11.9. The number of carboxylic acids is 1. The second-order valence-electron chi connectivity index (χ2n) is 5.89. The fourth-order valence-corrected chi connectivity index (χ4v) is 2.27. The van der Waals surface area contributed by atoms with E-state index in [0.717, 1.165) is 10.0 Å². The summed E-state index contributed by atoms with van der Waals surface area (Å²) in [6, 6.07) is 7.12. The first-order chi connectivity index (χ1) is 9.18. The highest BCUT2D eigenvalue weighted by molar-refractivity contribution is 9.10. The van der Waals surface area contributed by atoms with Gasteiger partial charge in [-0.3, -0.25) is 9.59 Å². The van der Waals surface area contributed by atoms with Crippen LogP contribution in [-0.2, 0) is 16.0 Å². The highest BCUT2D eigenvalue weighted by Crippen LogP contribution is 2.22. The van der Waals surface area contributed by atoms with Crippen LogP contribution in [0.15, 0.2) is 28.7 Å². The first kappa shape index (κ1) is 16.7. The molecule has 1 atom stereocenters. The number of halogens is 1. The van der Waals surface area contributed by atoms with E-state index in [2.05, 4.69) is 21.2 Å². The summed E-state index contributed by atoms with van der Waals surface area (Å²) in [5.74, 6) is -1.07. The second-order valence-corrected chi connectivity index (χ2v) is 6.81. The molecule has 0 bridgehead atoms. The van der Waals surface area contributed by atoms with Gasteiger partial charge in [-0.25, -0.2) is 0 Å². The number of hydrogen-bond donors (Lipinski definition) is 2. The number of carbonyl (C=O) groups is 2. The Balaban J connectivity index is 2.69. The molecule has 0 spiro atoms. The van der Waals surface area contributed by atoms with Crippen LogP contribution in [0.25, 0.3) is 0 Å². The fourth-order valence-electron chi connectivity index (χ4n) is 1.83. The SMILES string of the molecule is CC(C)(C)C(CC(=O)O)NC(=O)Cc1cccc(Br)c1. The van der Waals surface area contributed by atoms with Gasteiger partial charge in [0.25, 0.3) is 0 Å². The molecule has 1 unspecified atom stereocenters. The second kappa shape index (κ2) is 6.88. The Morgan fingerprint density at radius 2 is 2.00 bits per heavy atom. The molecule has 0 saturated heterocycles. The monoisotopic (exact) mass is 341 g/mol. The van der Waals surface area contributed by atoms with Gasteiger partial charge in [0.05, 0.1) is 12.8 Å². The molecular formula is C15H20BrNO3. The Morgan fingerprint density at radius 1 is 1.35 bits per heavy atom. The summed E-state index contributed by atoms with van der Waals surface area (Å²) in [5.41, 5.74) is 0.588. The summed E-state index contributed by atoms with van der Waals surface area (Å²) in [5, 5.41) is 11.7. The smallest absolute Gasteiger partial charge is 0.305 e. The lowest BCUT2D eigenvalue weighted by Gasteiger charge is -2.30. The molecule has 4 nitrogen and oxygen atoms in total. The van der Waals surface area contributed by atoms with Crippen molar-refractivity contribution in [2.24, 2.45) is 5.41 Å². The molecule has 20 heavy (non-hydrogen) atoms. The van der Waals surface area contributed by atoms with Gasteiger partial charge in [0.1, 0.15) is 0 Å². The molecule has 0 radical (unpaired) electrons. The van der Waals surface area contributed by atoms with Crippen molar-refractivity contribution in [3.05, 3.63) is 34.3 Å². The number of amides is 1. The molecule has 1 rings (SSSR count). The van der Waals surface area contributed by atoms with E-state index in [-0.39, 0.29) is 30.2 Å². The highest BCUT2D eigenvalue weighted by atomic mass is 79.9. The van der Waals surface area contributed by atoms with Crippen LogP contribution in [0.1, 0.15) is 32.8 Å². The van der Waals surface area contributed by atoms with Crippen molar-refractivity contribution in [3.8, 4) is 0 Å². The number of carboxylic acid groups (broad SMARTS) is 1. The Bertz CT molecular complexity index is 494. The third-order valence-corrected chi connectivity index (χ3v) is 3.51. The minimum absolute atomic E-state index is 0.0757. The van der Waals surface area contributed by atoms with Crippen molar-refractivity contribution in [2.75, 3.05) is 0 Å². The molecular weight excluding hydrogens is 322 g/mol. The van der Waals surface area contributed by atoms with Gasteiger partial charge in [0, 0.05) is 10.5 Å². The Kier molecular flexibility index (Phi) is 5.74. The third kappa shape index (κ3) is 5.74. The van der Waals surface area contributed by atoms with E-state index in [9.17, 15) is 9.59 Å². The molecule has 1 aromatic carbocycles. The lowest BCUT2D eigenvalue weighted by molar-refractivity contribution is -0.138. The molecule has 1 amide bonds. The van der Waals surface area contributed by atoms with Crippen molar-refractivity contribution < 1.29 is 14.7 Å². The minimum Gasteiger partial charge on any atom is -0.481 e. The molecule has 0 heterocycles. The van der Waals surface area contributed by atoms with Crippen molar-refractivity contribution in [3.63, 3.8) is 0 Å². The van der Waals surface area contributed by atoms with Crippen LogP contribution < -0.4 is 5.32 Å². The first-order valence-corrected chi connectivity index (χ1v) is 7.23. The summed E-state index contributed by atoms with van der Waals surface area (Å²) in [7, 11) is 0. The molecule has 0 fully saturated rings. The number of aliphatic carboxylic acids is 1. The summed E-state index contributed by atoms with van der Waals surface area (Å²) < 4.78 is 0.917. The van der Waals surface area contributed by atoms with Crippen molar-refractivity contribution in [1.82, 2.24) is 5.32 Å². The van der Waals surface area contributed by atoms with E-state index in [1.54, 1.807) is 0 Å². The van der Waals surface area contributed by atoms with E-state index in [0.29, 0.717) is 0 Å². The maximum atomic E-state index is 12.0. The van der Waals surface area contributed by atoms with E-state index in [4.69, 9.17) is 5.11 Å². The summed E-state index contributed by atoms with van der Waals surface area (Å²) in [6.45, 7) is 5.75. The number of benzene rings is 1. The Labute approximate surface area is 127 Å². The van der Waals surface area contributed by atoms with Gasteiger partial charge in [-0.1, -0.05) is 48.8 Å². The van der Waals surface area contributed by atoms with Crippen molar-refractivity contribution >= 4 is 27.8 Å². The van der Waals surface area contributed by atoms with Gasteiger partial charge in [0.2, 0.25) is 5.91 Å². The van der Waals surface area contributed by atoms with Gasteiger partial charge in [-0.05, 0) is 23.1 Å².